The van der Waals surface area contributed by atoms with E-state index in [1.165, 1.54) is 0 Å². The van der Waals surface area contributed by atoms with Crippen molar-refractivity contribution in [3.05, 3.63) is 34.2 Å². The Morgan fingerprint density at radius 1 is 1.67 bits per heavy atom. The van der Waals surface area contributed by atoms with Crippen LogP contribution >= 0.6 is 15.9 Å². The number of rotatable bonds is 3. The van der Waals surface area contributed by atoms with Gasteiger partial charge in [-0.3, -0.25) is 9.20 Å². The molecule has 0 unspecified atom stereocenters. The maximum Gasteiger partial charge on any atom is 0.168 e. The van der Waals surface area contributed by atoms with Crippen LogP contribution in [0.15, 0.2) is 22.8 Å². The molecular weight excluding hydrogens is 260 g/mol. The minimum Gasteiger partial charge on any atom is -0.378 e. The van der Waals surface area contributed by atoms with Gasteiger partial charge in [0, 0.05) is 13.3 Å². The second kappa shape index (κ2) is 4.12. The van der Waals surface area contributed by atoms with E-state index in [4.69, 9.17) is 4.74 Å². The number of hydrogen-bond acceptors (Lipinski definition) is 3. The van der Waals surface area contributed by atoms with Crippen LogP contribution in [0.25, 0.3) is 5.65 Å². The molecule has 0 aliphatic rings. The highest BCUT2D eigenvalue weighted by Crippen LogP contribution is 2.20. The summed E-state index contributed by atoms with van der Waals surface area (Å²) in [4.78, 5) is 15.3. The molecule has 0 fully saturated rings. The van der Waals surface area contributed by atoms with Crippen LogP contribution in [0.1, 0.15) is 16.2 Å². The van der Waals surface area contributed by atoms with Crippen molar-refractivity contribution in [1.82, 2.24) is 9.38 Å². The molecule has 0 spiro atoms. The first kappa shape index (κ1) is 10.3. The SMILES string of the molecule is COCc1nc2c(Br)cccn2c1C=O. The Morgan fingerprint density at radius 2 is 2.47 bits per heavy atom. The highest BCUT2D eigenvalue weighted by Gasteiger charge is 2.12. The lowest BCUT2D eigenvalue weighted by Crippen LogP contribution is -1.95. The molecule has 0 amide bonds. The minimum atomic E-state index is 0.336. The molecule has 0 aliphatic carbocycles. The summed E-state index contributed by atoms with van der Waals surface area (Å²) in [7, 11) is 1.58. The van der Waals surface area contributed by atoms with E-state index < -0.39 is 0 Å². The van der Waals surface area contributed by atoms with E-state index in [1.807, 2.05) is 12.1 Å². The molecule has 2 aromatic heterocycles. The minimum absolute atomic E-state index is 0.336. The highest BCUT2D eigenvalue weighted by atomic mass is 79.9. The van der Waals surface area contributed by atoms with E-state index >= 15 is 0 Å². The molecule has 0 saturated heterocycles. The van der Waals surface area contributed by atoms with Crippen LogP contribution in [0.5, 0.6) is 0 Å². The summed E-state index contributed by atoms with van der Waals surface area (Å²) >= 11 is 3.38. The fraction of sp³-hybridized carbons (Fsp3) is 0.200. The van der Waals surface area contributed by atoms with Crippen molar-refractivity contribution < 1.29 is 9.53 Å². The van der Waals surface area contributed by atoms with E-state index in [1.54, 1.807) is 17.7 Å². The number of aldehydes is 1. The molecule has 5 heteroatoms. The zero-order valence-electron chi connectivity index (χ0n) is 8.11. The quantitative estimate of drug-likeness (QED) is 0.801. The molecule has 0 aliphatic heterocycles. The van der Waals surface area contributed by atoms with Gasteiger partial charge in [0.05, 0.1) is 16.8 Å². The van der Waals surface area contributed by atoms with Crippen LogP contribution in [-0.4, -0.2) is 22.8 Å². The number of carbonyl (C=O) groups is 1. The van der Waals surface area contributed by atoms with Crippen LogP contribution in [0.3, 0.4) is 0 Å². The first-order chi connectivity index (χ1) is 7.27. The molecule has 2 rings (SSSR count). The summed E-state index contributed by atoms with van der Waals surface area (Å²) in [6.45, 7) is 0.336. The average molecular weight is 269 g/mol. The number of carbonyl (C=O) groups excluding carboxylic acids is 1. The lowest BCUT2D eigenvalue weighted by atomic mass is 10.3. The van der Waals surface area contributed by atoms with Gasteiger partial charge >= 0.3 is 0 Å². The second-order valence-corrected chi connectivity index (χ2v) is 3.90. The number of fused-ring (bicyclic) bond motifs is 1. The van der Waals surface area contributed by atoms with Gasteiger partial charge in [0.1, 0.15) is 5.69 Å². The fourth-order valence-electron chi connectivity index (χ4n) is 1.47. The Balaban J connectivity index is 2.72. The van der Waals surface area contributed by atoms with Crippen molar-refractivity contribution in [3.8, 4) is 0 Å². The van der Waals surface area contributed by atoms with E-state index in [0.717, 1.165) is 16.4 Å². The Hall–Kier alpha value is -1.20. The molecular formula is C10H9BrN2O2. The number of halogens is 1. The maximum absolute atomic E-state index is 11.0. The molecule has 2 aromatic rings. The number of ether oxygens (including phenoxy) is 1. The number of methoxy groups -OCH3 is 1. The van der Waals surface area contributed by atoms with Crippen molar-refractivity contribution in [2.45, 2.75) is 6.61 Å². The Morgan fingerprint density at radius 3 is 3.13 bits per heavy atom. The van der Waals surface area contributed by atoms with E-state index in [9.17, 15) is 4.79 Å². The lowest BCUT2D eigenvalue weighted by molar-refractivity contribution is 0.111. The van der Waals surface area contributed by atoms with Gasteiger partial charge in [-0.25, -0.2) is 4.98 Å². The van der Waals surface area contributed by atoms with Gasteiger partial charge < -0.3 is 4.74 Å². The molecule has 15 heavy (non-hydrogen) atoms. The first-order valence-corrected chi connectivity index (χ1v) is 5.16. The van der Waals surface area contributed by atoms with E-state index in [0.29, 0.717) is 18.0 Å². The third-order valence-corrected chi connectivity index (χ3v) is 2.73. The molecule has 4 nitrogen and oxygen atoms in total. The zero-order valence-corrected chi connectivity index (χ0v) is 9.69. The molecule has 78 valence electrons. The normalized spacial score (nSPS) is 10.8. The Labute approximate surface area is 95.0 Å². The molecule has 0 bridgehead atoms. The molecule has 0 atom stereocenters. The Bertz CT molecular complexity index is 507. The standard InChI is InChI=1S/C10H9BrN2O2/c1-15-6-8-9(5-14)13-4-2-3-7(11)10(13)12-8/h2-5H,6H2,1H3. The fourth-order valence-corrected chi connectivity index (χ4v) is 1.90. The topological polar surface area (TPSA) is 43.6 Å². The summed E-state index contributed by atoms with van der Waals surface area (Å²) in [5.41, 5.74) is 1.92. The first-order valence-electron chi connectivity index (χ1n) is 4.37. The summed E-state index contributed by atoms with van der Waals surface area (Å²) in [6.07, 6.45) is 2.59. The summed E-state index contributed by atoms with van der Waals surface area (Å²) in [5.74, 6) is 0. The summed E-state index contributed by atoms with van der Waals surface area (Å²) in [6, 6.07) is 3.73. The van der Waals surface area contributed by atoms with Crippen LogP contribution < -0.4 is 0 Å². The number of aromatic nitrogens is 2. The maximum atomic E-state index is 11.0. The lowest BCUT2D eigenvalue weighted by Gasteiger charge is -1.96. The molecule has 0 aromatic carbocycles. The smallest absolute Gasteiger partial charge is 0.168 e. The van der Waals surface area contributed by atoms with Crippen LogP contribution in [0.4, 0.5) is 0 Å². The average Bonchev–Trinajstić information content (AvgIpc) is 2.58. The van der Waals surface area contributed by atoms with Crippen LogP contribution in [-0.2, 0) is 11.3 Å². The van der Waals surface area contributed by atoms with Gasteiger partial charge in [0.15, 0.2) is 11.9 Å². The molecule has 0 N–H and O–H groups in total. The largest absolute Gasteiger partial charge is 0.378 e. The number of pyridine rings is 1. The monoisotopic (exact) mass is 268 g/mol. The number of nitrogens with zero attached hydrogens (tertiary/aromatic N) is 2. The zero-order chi connectivity index (χ0) is 10.8. The third kappa shape index (κ3) is 1.68. The van der Waals surface area contributed by atoms with Crippen molar-refractivity contribution in [2.24, 2.45) is 0 Å². The highest BCUT2D eigenvalue weighted by molar-refractivity contribution is 9.10. The van der Waals surface area contributed by atoms with Gasteiger partial charge in [-0.2, -0.15) is 0 Å². The second-order valence-electron chi connectivity index (χ2n) is 3.04. The molecule has 2 heterocycles. The molecule has 0 radical (unpaired) electrons. The van der Waals surface area contributed by atoms with Gasteiger partial charge in [-0.15, -0.1) is 0 Å². The molecule has 0 saturated carbocycles. The third-order valence-electron chi connectivity index (χ3n) is 2.11. The van der Waals surface area contributed by atoms with Crippen LogP contribution in [0.2, 0.25) is 0 Å². The predicted octanol–water partition coefficient (Wildman–Crippen LogP) is 2.06. The van der Waals surface area contributed by atoms with Crippen molar-refractivity contribution in [2.75, 3.05) is 7.11 Å². The summed E-state index contributed by atoms with van der Waals surface area (Å²) in [5, 5.41) is 0. The summed E-state index contributed by atoms with van der Waals surface area (Å²) < 4.78 is 7.59. The van der Waals surface area contributed by atoms with Gasteiger partial charge in [-0.1, -0.05) is 0 Å². The predicted molar refractivity (Wildman–Crippen MR) is 59.0 cm³/mol. The van der Waals surface area contributed by atoms with Crippen LogP contribution in [0, 0.1) is 0 Å². The van der Waals surface area contributed by atoms with E-state index in [2.05, 4.69) is 20.9 Å². The van der Waals surface area contributed by atoms with Crippen molar-refractivity contribution >= 4 is 27.9 Å². The van der Waals surface area contributed by atoms with Crippen molar-refractivity contribution in [1.29, 1.82) is 0 Å². The van der Waals surface area contributed by atoms with Crippen molar-refractivity contribution in [3.63, 3.8) is 0 Å². The number of imidazole rings is 1. The van der Waals surface area contributed by atoms with Gasteiger partial charge in [0.2, 0.25) is 0 Å². The van der Waals surface area contributed by atoms with Gasteiger partial charge in [0.25, 0.3) is 0 Å². The Kier molecular flexibility index (Phi) is 2.83. The van der Waals surface area contributed by atoms with Gasteiger partial charge in [-0.05, 0) is 28.1 Å². The van der Waals surface area contributed by atoms with E-state index in [-0.39, 0.29) is 0 Å². The number of hydrogen-bond donors (Lipinski definition) is 0.